The summed E-state index contributed by atoms with van der Waals surface area (Å²) in [6.45, 7) is 1.88. The van der Waals surface area contributed by atoms with Crippen molar-refractivity contribution >= 4 is 21.6 Å². The molecule has 0 heterocycles. The zero-order chi connectivity index (χ0) is 22.4. The highest BCUT2D eigenvalue weighted by molar-refractivity contribution is 7.89. The molecule has 0 aliphatic rings. The predicted octanol–water partition coefficient (Wildman–Crippen LogP) is 3.44. The van der Waals surface area contributed by atoms with E-state index in [-0.39, 0.29) is 16.5 Å². The van der Waals surface area contributed by atoms with Crippen LogP contribution in [0.3, 0.4) is 0 Å². The number of carbonyl (C=O) groups is 1. The van der Waals surface area contributed by atoms with Crippen molar-refractivity contribution in [3.05, 3.63) is 101 Å². The van der Waals surface area contributed by atoms with Gasteiger partial charge < -0.3 is 5.73 Å². The molecule has 0 saturated carbocycles. The van der Waals surface area contributed by atoms with Crippen LogP contribution in [0.25, 0.3) is 0 Å². The zero-order valence-electron chi connectivity index (χ0n) is 17.2. The van der Waals surface area contributed by atoms with Crippen LogP contribution >= 0.6 is 0 Å². The minimum atomic E-state index is -3.88. The number of carbonyl (C=O) groups excluding carboxylic acids is 1. The van der Waals surface area contributed by atoms with Gasteiger partial charge in [0.15, 0.2) is 5.78 Å². The maximum Gasteiger partial charge on any atom is 0.241 e. The fraction of sp³-hybridized carbons (Fsp3) is 0.167. The Hall–Kier alpha value is -3.29. The van der Waals surface area contributed by atoms with Gasteiger partial charge in [0.2, 0.25) is 10.0 Å². The summed E-state index contributed by atoms with van der Waals surface area (Å²) in [6.07, 6.45) is 0.849. The number of hydrogen-bond acceptors (Lipinski definition) is 4. The molecule has 0 aliphatic heterocycles. The van der Waals surface area contributed by atoms with Crippen LogP contribution in [-0.4, -0.2) is 26.1 Å². The number of nitrogen functional groups attached to an aromatic ring is 1. The van der Waals surface area contributed by atoms with E-state index in [1.54, 1.807) is 36.4 Å². The lowest BCUT2D eigenvalue weighted by molar-refractivity contribution is 0.0949. The molecule has 3 aromatic rings. The van der Waals surface area contributed by atoms with Gasteiger partial charge >= 0.3 is 0 Å². The van der Waals surface area contributed by atoms with E-state index in [2.05, 4.69) is 4.72 Å². The number of amidine groups is 1. The molecular formula is C24H25N3O3S. The molecule has 0 saturated heterocycles. The molecule has 3 rings (SSSR count). The quantitative estimate of drug-likeness (QED) is 0.271. The summed E-state index contributed by atoms with van der Waals surface area (Å²) in [4.78, 5) is 13.3. The van der Waals surface area contributed by atoms with E-state index in [1.807, 2.05) is 37.3 Å². The first-order valence-electron chi connectivity index (χ1n) is 9.88. The van der Waals surface area contributed by atoms with Crippen molar-refractivity contribution in [2.75, 3.05) is 0 Å². The van der Waals surface area contributed by atoms with Gasteiger partial charge in [0, 0.05) is 11.1 Å². The summed E-state index contributed by atoms with van der Waals surface area (Å²) in [5.74, 6) is -0.429. The van der Waals surface area contributed by atoms with E-state index in [0.29, 0.717) is 24.0 Å². The normalized spacial score (nSPS) is 12.3. The van der Waals surface area contributed by atoms with Gasteiger partial charge in [-0.25, -0.2) is 13.1 Å². The number of aryl methyl sites for hydroxylation is 2. The summed E-state index contributed by atoms with van der Waals surface area (Å²) >= 11 is 0. The standard InChI is InChI=1S/C24H25N3O3S/c1-17-7-14-21(15-8-17)31(29,30)27-22(16-9-18-5-3-2-4-6-18)23(28)19-10-12-20(13-11-19)24(25)26/h2-8,10-15,22,27H,9,16H2,1H3,(H3,25,26). The van der Waals surface area contributed by atoms with Crippen LogP contribution in [0.4, 0.5) is 0 Å². The van der Waals surface area contributed by atoms with E-state index in [4.69, 9.17) is 11.1 Å². The summed E-state index contributed by atoms with van der Waals surface area (Å²) in [5, 5.41) is 7.49. The van der Waals surface area contributed by atoms with Gasteiger partial charge in [0.25, 0.3) is 0 Å². The molecule has 1 unspecified atom stereocenters. The SMILES string of the molecule is Cc1ccc(S(=O)(=O)NC(CCc2ccccc2)C(=O)c2ccc(C(=N)N)cc2)cc1. The van der Waals surface area contributed by atoms with E-state index in [9.17, 15) is 13.2 Å². The average molecular weight is 436 g/mol. The highest BCUT2D eigenvalue weighted by Crippen LogP contribution is 2.16. The van der Waals surface area contributed by atoms with Crippen molar-refractivity contribution in [3.63, 3.8) is 0 Å². The molecule has 160 valence electrons. The minimum absolute atomic E-state index is 0.0975. The summed E-state index contributed by atoms with van der Waals surface area (Å²) < 4.78 is 28.5. The Morgan fingerprint density at radius 1 is 0.935 bits per heavy atom. The summed E-state index contributed by atoms with van der Waals surface area (Å²) in [7, 11) is -3.88. The van der Waals surface area contributed by atoms with Crippen molar-refractivity contribution in [3.8, 4) is 0 Å². The Kier molecular flexibility index (Phi) is 6.99. The van der Waals surface area contributed by atoms with Crippen LogP contribution in [0.2, 0.25) is 0 Å². The molecule has 0 amide bonds. The molecule has 31 heavy (non-hydrogen) atoms. The van der Waals surface area contributed by atoms with Crippen LogP contribution in [0, 0.1) is 12.3 Å². The maximum atomic E-state index is 13.2. The molecule has 0 aromatic heterocycles. The van der Waals surface area contributed by atoms with Crippen LogP contribution < -0.4 is 10.5 Å². The fourth-order valence-electron chi connectivity index (χ4n) is 3.19. The van der Waals surface area contributed by atoms with Gasteiger partial charge in [0.05, 0.1) is 10.9 Å². The number of Topliss-reactive ketones (excluding diaryl/α,β-unsaturated/α-hetero) is 1. The zero-order valence-corrected chi connectivity index (χ0v) is 18.0. The van der Waals surface area contributed by atoms with Crippen molar-refractivity contribution in [1.29, 1.82) is 5.41 Å². The van der Waals surface area contributed by atoms with Gasteiger partial charge in [-0.1, -0.05) is 72.3 Å². The molecule has 1 atom stereocenters. The van der Waals surface area contributed by atoms with E-state index in [1.165, 1.54) is 12.1 Å². The van der Waals surface area contributed by atoms with Crippen molar-refractivity contribution in [2.45, 2.75) is 30.7 Å². The number of rotatable bonds is 9. The second-order valence-electron chi connectivity index (χ2n) is 7.37. The minimum Gasteiger partial charge on any atom is -0.384 e. The van der Waals surface area contributed by atoms with Crippen LogP contribution in [0.1, 0.15) is 33.5 Å². The molecule has 0 bridgehead atoms. The lowest BCUT2D eigenvalue weighted by atomic mass is 9.98. The summed E-state index contributed by atoms with van der Waals surface area (Å²) in [5.41, 5.74) is 8.29. The fourth-order valence-corrected chi connectivity index (χ4v) is 4.42. The monoisotopic (exact) mass is 435 g/mol. The van der Waals surface area contributed by atoms with Crippen LogP contribution in [0.15, 0.2) is 83.8 Å². The lowest BCUT2D eigenvalue weighted by Crippen LogP contribution is -2.41. The van der Waals surface area contributed by atoms with Crippen LogP contribution in [0.5, 0.6) is 0 Å². The molecule has 4 N–H and O–H groups in total. The molecular weight excluding hydrogens is 410 g/mol. The molecule has 0 aliphatic carbocycles. The Labute approximate surface area is 182 Å². The Morgan fingerprint density at radius 2 is 1.52 bits per heavy atom. The predicted molar refractivity (Wildman–Crippen MR) is 122 cm³/mol. The van der Waals surface area contributed by atoms with Crippen molar-refractivity contribution in [2.24, 2.45) is 5.73 Å². The largest absolute Gasteiger partial charge is 0.384 e. The molecule has 0 radical (unpaired) electrons. The van der Waals surface area contributed by atoms with Gasteiger partial charge in [-0.05, 0) is 37.5 Å². The Bertz CT molecular complexity index is 1160. The Morgan fingerprint density at radius 3 is 2.10 bits per heavy atom. The third-order valence-corrected chi connectivity index (χ3v) is 6.48. The highest BCUT2D eigenvalue weighted by Gasteiger charge is 2.26. The first kappa shape index (κ1) is 22.4. The van der Waals surface area contributed by atoms with Gasteiger partial charge in [-0.2, -0.15) is 0 Å². The van der Waals surface area contributed by atoms with Crippen LogP contribution in [-0.2, 0) is 16.4 Å². The topological polar surface area (TPSA) is 113 Å². The van der Waals surface area contributed by atoms with Crippen molar-refractivity contribution < 1.29 is 13.2 Å². The molecule has 7 heteroatoms. The second kappa shape index (κ2) is 9.68. The number of nitrogens with one attached hydrogen (secondary N) is 2. The molecule has 6 nitrogen and oxygen atoms in total. The molecule has 0 fully saturated rings. The molecule has 0 spiro atoms. The first-order valence-corrected chi connectivity index (χ1v) is 11.4. The number of benzene rings is 3. The van der Waals surface area contributed by atoms with Gasteiger partial charge in [-0.15, -0.1) is 0 Å². The van der Waals surface area contributed by atoms with Crippen molar-refractivity contribution in [1.82, 2.24) is 4.72 Å². The van der Waals surface area contributed by atoms with E-state index >= 15 is 0 Å². The summed E-state index contributed by atoms with van der Waals surface area (Å²) in [6, 6.07) is 21.4. The van der Waals surface area contributed by atoms with E-state index < -0.39 is 16.1 Å². The average Bonchev–Trinajstić information content (AvgIpc) is 2.77. The van der Waals surface area contributed by atoms with E-state index in [0.717, 1.165) is 11.1 Å². The smallest absolute Gasteiger partial charge is 0.241 e. The second-order valence-corrected chi connectivity index (χ2v) is 9.08. The number of nitrogens with two attached hydrogens (primary N) is 1. The maximum absolute atomic E-state index is 13.2. The third-order valence-electron chi connectivity index (χ3n) is 4.99. The van der Waals surface area contributed by atoms with Gasteiger partial charge in [-0.3, -0.25) is 10.2 Å². The first-order chi connectivity index (χ1) is 14.8. The lowest BCUT2D eigenvalue weighted by Gasteiger charge is -2.18. The number of ketones is 1. The number of hydrogen-bond donors (Lipinski definition) is 3. The van der Waals surface area contributed by atoms with Gasteiger partial charge in [0.1, 0.15) is 5.84 Å². The third kappa shape index (κ3) is 5.87. The highest BCUT2D eigenvalue weighted by atomic mass is 32.2. The molecule has 3 aromatic carbocycles. The Balaban J connectivity index is 1.86. The number of sulfonamides is 1.